The van der Waals surface area contributed by atoms with Crippen molar-refractivity contribution in [3.63, 3.8) is 0 Å². The van der Waals surface area contributed by atoms with E-state index >= 15 is 0 Å². The third-order valence-corrected chi connectivity index (χ3v) is 6.85. The molecular formula is C30H27NO5S. The van der Waals surface area contributed by atoms with Crippen LogP contribution in [0.4, 0.5) is 5.69 Å². The first-order valence-electron chi connectivity index (χ1n) is 12.2. The van der Waals surface area contributed by atoms with Gasteiger partial charge in [0.2, 0.25) is 0 Å². The second kappa shape index (κ2) is 11.3. The minimum Gasteiger partial charge on any atom is -0.493 e. The molecule has 2 heterocycles. The number of carbonyl (C=O) groups is 2. The van der Waals surface area contributed by atoms with Crippen molar-refractivity contribution in [2.45, 2.75) is 19.9 Å². The summed E-state index contributed by atoms with van der Waals surface area (Å²) in [5.41, 5.74) is 5.78. The molecule has 0 bridgehead atoms. The predicted molar refractivity (Wildman–Crippen MR) is 144 cm³/mol. The molecule has 1 aliphatic heterocycles. The van der Waals surface area contributed by atoms with Gasteiger partial charge in [-0.2, -0.15) is 11.3 Å². The lowest BCUT2D eigenvalue weighted by Crippen LogP contribution is -2.22. The molecule has 0 unspecified atom stereocenters. The van der Waals surface area contributed by atoms with Crippen LogP contribution in [0.15, 0.2) is 83.6 Å². The quantitative estimate of drug-likeness (QED) is 0.238. The van der Waals surface area contributed by atoms with E-state index < -0.39 is 5.97 Å². The summed E-state index contributed by atoms with van der Waals surface area (Å²) in [6.45, 7) is 2.89. The first-order valence-corrected chi connectivity index (χ1v) is 13.1. The zero-order valence-electron chi connectivity index (χ0n) is 20.5. The molecule has 3 aromatic carbocycles. The zero-order valence-corrected chi connectivity index (χ0v) is 21.3. The van der Waals surface area contributed by atoms with Gasteiger partial charge in [-0.05, 0) is 76.8 Å². The zero-order chi connectivity index (χ0) is 25.6. The van der Waals surface area contributed by atoms with Crippen LogP contribution >= 0.6 is 11.3 Å². The van der Waals surface area contributed by atoms with Crippen molar-refractivity contribution < 1.29 is 23.8 Å². The summed E-state index contributed by atoms with van der Waals surface area (Å²) < 4.78 is 16.5. The lowest BCUT2D eigenvalue weighted by molar-refractivity contribution is -0.145. The fourth-order valence-corrected chi connectivity index (χ4v) is 4.99. The van der Waals surface area contributed by atoms with E-state index in [0.29, 0.717) is 37.5 Å². The maximum Gasteiger partial charge on any atom is 0.344 e. The van der Waals surface area contributed by atoms with Gasteiger partial charge in [0.25, 0.3) is 5.91 Å². The number of hydrogen-bond acceptors (Lipinski definition) is 6. The van der Waals surface area contributed by atoms with E-state index in [1.807, 2.05) is 48.5 Å². The fourth-order valence-electron chi connectivity index (χ4n) is 4.33. The Kier molecular flexibility index (Phi) is 7.51. The van der Waals surface area contributed by atoms with E-state index in [1.165, 1.54) is 5.56 Å². The number of rotatable bonds is 10. The molecule has 0 radical (unpaired) electrons. The van der Waals surface area contributed by atoms with Gasteiger partial charge in [0.15, 0.2) is 6.61 Å². The van der Waals surface area contributed by atoms with Gasteiger partial charge in [0.05, 0.1) is 19.8 Å². The van der Waals surface area contributed by atoms with Crippen LogP contribution in [0.2, 0.25) is 0 Å². The molecule has 6 nitrogen and oxygen atoms in total. The Morgan fingerprint density at radius 1 is 0.973 bits per heavy atom. The van der Waals surface area contributed by atoms with Crippen LogP contribution in [-0.2, 0) is 22.5 Å². The van der Waals surface area contributed by atoms with E-state index in [-0.39, 0.29) is 12.5 Å². The minimum absolute atomic E-state index is 0.0183. The van der Waals surface area contributed by atoms with Crippen LogP contribution in [0.5, 0.6) is 11.5 Å². The van der Waals surface area contributed by atoms with E-state index in [1.54, 1.807) is 29.2 Å². The number of carbonyl (C=O) groups excluding carboxylic acids is 2. The summed E-state index contributed by atoms with van der Waals surface area (Å²) in [4.78, 5) is 26.5. The molecule has 4 aromatic rings. The number of ether oxygens (including phenoxy) is 3. The average Bonchev–Trinajstić information content (AvgIpc) is 3.57. The molecule has 0 spiro atoms. The second-order valence-electron chi connectivity index (χ2n) is 8.57. The molecule has 37 heavy (non-hydrogen) atoms. The Balaban J connectivity index is 1.21. The highest BCUT2D eigenvalue weighted by Gasteiger charge is 2.31. The molecule has 1 aliphatic rings. The molecule has 1 amide bonds. The van der Waals surface area contributed by atoms with E-state index in [9.17, 15) is 9.59 Å². The van der Waals surface area contributed by atoms with E-state index in [0.717, 1.165) is 28.1 Å². The van der Waals surface area contributed by atoms with Gasteiger partial charge in [-0.1, -0.05) is 30.3 Å². The molecule has 0 aliphatic carbocycles. The molecule has 7 heteroatoms. The van der Waals surface area contributed by atoms with Crippen LogP contribution in [0, 0.1) is 0 Å². The van der Waals surface area contributed by atoms with Crippen LogP contribution in [0.3, 0.4) is 0 Å². The fraction of sp³-hybridized carbons (Fsp3) is 0.200. The largest absolute Gasteiger partial charge is 0.493 e. The second-order valence-corrected chi connectivity index (χ2v) is 9.35. The molecule has 0 saturated carbocycles. The minimum atomic E-state index is -0.392. The van der Waals surface area contributed by atoms with Crippen molar-refractivity contribution in [2.24, 2.45) is 0 Å². The molecule has 0 atom stereocenters. The lowest BCUT2D eigenvalue weighted by atomic mass is 10.1. The van der Waals surface area contributed by atoms with Gasteiger partial charge in [-0.3, -0.25) is 4.79 Å². The lowest BCUT2D eigenvalue weighted by Gasteiger charge is -2.16. The first-order chi connectivity index (χ1) is 18.1. The number of amides is 1. The van der Waals surface area contributed by atoms with E-state index in [4.69, 9.17) is 14.2 Å². The number of thiophene rings is 1. The van der Waals surface area contributed by atoms with Gasteiger partial charge in [0.1, 0.15) is 11.5 Å². The van der Waals surface area contributed by atoms with Crippen molar-refractivity contribution in [1.29, 1.82) is 0 Å². The topological polar surface area (TPSA) is 65.1 Å². The summed E-state index contributed by atoms with van der Waals surface area (Å²) in [6, 6.07) is 23.4. The SMILES string of the molecule is CCOC(=O)COc1cccc(CCOc2cccc3c2CN(c2ccc(-c4ccsc4)cc2)C3=O)c1. The molecule has 0 N–H and O–H groups in total. The third-order valence-electron chi connectivity index (χ3n) is 6.17. The maximum atomic E-state index is 13.2. The van der Waals surface area contributed by atoms with Crippen molar-refractivity contribution in [1.82, 2.24) is 0 Å². The van der Waals surface area contributed by atoms with Gasteiger partial charge in [-0.15, -0.1) is 0 Å². The van der Waals surface area contributed by atoms with Crippen LogP contribution in [-0.4, -0.2) is 31.7 Å². The van der Waals surface area contributed by atoms with Gasteiger partial charge >= 0.3 is 5.97 Å². The number of nitrogens with zero attached hydrogens (tertiary/aromatic N) is 1. The number of anilines is 1. The highest BCUT2D eigenvalue weighted by molar-refractivity contribution is 7.08. The number of benzene rings is 3. The molecule has 5 rings (SSSR count). The summed E-state index contributed by atoms with van der Waals surface area (Å²) >= 11 is 1.67. The van der Waals surface area contributed by atoms with Crippen molar-refractivity contribution >= 4 is 28.9 Å². The summed E-state index contributed by atoms with van der Waals surface area (Å²) in [5.74, 6) is 0.918. The Morgan fingerprint density at radius 2 is 1.81 bits per heavy atom. The highest BCUT2D eigenvalue weighted by Crippen LogP contribution is 2.35. The Labute approximate surface area is 220 Å². The monoisotopic (exact) mass is 513 g/mol. The first kappa shape index (κ1) is 24.6. The van der Waals surface area contributed by atoms with Gasteiger partial charge in [-0.25, -0.2) is 4.79 Å². The average molecular weight is 514 g/mol. The molecule has 0 saturated heterocycles. The molecule has 0 fully saturated rings. The molecule has 188 valence electrons. The smallest absolute Gasteiger partial charge is 0.344 e. The summed E-state index contributed by atoms with van der Waals surface area (Å²) in [5, 5.41) is 4.17. The predicted octanol–water partition coefficient (Wildman–Crippen LogP) is 6.14. The van der Waals surface area contributed by atoms with Crippen molar-refractivity contribution in [2.75, 3.05) is 24.7 Å². The molecule has 1 aromatic heterocycles. The van der Waals surface area contributed by atoms with Crippen molar-refractivity contribution in [3.05, 3.63) is 100 Å². The highest BCUT2D eigenvalue weighted by atomic mass is 32.1. The van der Waals surface area contributed by atoms with Crippen molar-refractivity contribution in [3.8, 4) is 22.6 Å². The Bertz CT molecular complexity index is 1380. The molecular weight excluding hydrogens is 486 g/mol. The standard InChI is InChI=1S/C30H27NO5S/c1-2-34-29(32)19-36-25-6-3-5-21(17-25)13-15-35-28-8-4-7-26-27(28)18-31(30(26)33)24-11-9-22(10-12-24)23-14-16-37-20-23/h3-12,14,16-17,20H,2,13,15,18-19H2,1H3. The number of esters is 1. The Morgan fingerprint density at radius 3 is 2.59 bits per heavy atom. The summed E-state index contributed by atoms with van der Waals surface area (Å²) in [7, 11) is 0. The number of fused-ring (bicyclic) bond motifs is 1. The van der Waals surface area contributed by atoms with Gasteiger partial charge in [0, 0.05) is 23.2 Å². The van der Waals surface area contributed by atoms with Crippen LogP contribution in [0.25, 0.3) is 11.1 Å². The number of hydrogen-bond donors (Lipinski definition) is 0. The third kappa shape index (κ3) is 5.67. The summed E-state index contributed by atoms with van der Waals surface area (Å²) in [6.07, 6.45) is 0.655. The maximum absolute atomic E-state index is 13.2. The van der Waals surface area contributed by atoms with Gasteiger partial charge < -0.3 is 19.1 Å². The normalized spacial score (nSPS) is 12.4. The van der Waals surface area contributed by atoms with Crippen LogP contribution < -0.4 is 14.4 Å². The van der Waals surface area contributed by atoms with E-state index in [2.05, 4.69) is 29.0 Å². The van der Waals surface area contributed by atoms with Crippen LogP contribution in [0.1, 0.15) is 28.4 Å². The Hall–Kier alpha value is -4.10.